The number of carbonyl (C=O) groups excluding carboxylic acids is 3. The lowest BCUT2D eigenvalue weighted by molar-refractivity contribution is -0.138. The molecule has 0 spiro atoms. The fraction of sp³-hybridized carbons (Fsp3) is 0.344. The molecule has 2 unspecified atom stereocenters. The summed E-state index contributed by atoms with van der Waals surface area (Å²) < 4.78 is 0. The number of aliphatic hydroxyl groups is 1. The number of anilines is 1. The summed E-state index contributed by atoms with van der Waals surface area (Å²) in [5, 5.41) is 13.1. The smallest absolute Gasteiger partial charge is 0.277 e. The number of Topliss-reactive ketones (excluding diaryl/α,β-unsaturated/α-hetero) is 1. The summed E-state index contributed by atoms with van der Waals surface area (Å²) in [6, 6.07) is 20.4. The number of aliphatic imine (C=N–C) groups is 1. The van der Waals surface area contributed by atoms with Gasteiger partial charge in [-0.3, -0.25) is 25.1 Å². The number of benzodiazepines with no additional fused rings is 1. The summed E-state index contributed by atoms with van der Waals surface area (Å²) in [4.78, 5) is 53.9. The van der Waals surface area contributed by atoms with Gasteiger partial charge >= 0.3 is 0 Å². The molecule has 1 aliphatic rings. The fourth-order valence-electron chi connectivity index (χ4n) is 5.01. The van der Waals surface area contributed by atoms with Crippen LogP contribution in [0.3, 0.4) is 0 Å². The summed E-state index contributed by atoms with van der Waals surface area (Å²) in [5.74, 6) is -2.26. The summed E-state index contributed by atoms with van der Waals surface area (Å²) in [5.41, 5.74) is 7.02. The van der Waals surface area contributed by atoms with Crippen LogP contribution in [0.25, 0.3) is 0 Å². The van der Waals surface area contributed by atoms with Crippen LogP contribution < -0.4 is 16.0 Å². The quantitative estimate of drug-likeness (QED) is 0.283. The number of nitrogens with two attached hydrogens (primary N) is 1. The normalized spacial score (nSPS) is 18.1. The first kappa shape index (κ1) is 30.7. The Bertz CT molecular complexity index is 1430. The van der Waals surface area contributed by atoms with Crippen molar-refractivity contribution in [3.8, 4) is 0 Å². The number of fused-ring (bicyclic) bond motifs is 1. The van der Waals surface area contributed by atoms with E-state index in [2.05, 4.69) is 20.2 Å². The molecule has 0 aliphatic carbocycles. The number of hydrogen-bond acceptors (Lipinski definition) is 8. The molecule has 220 valence electrons. The molecular weight excluding hydrogens is 532 g/mol. The molecule has 2 aromatic carbocycles. The van der Waals surface area contributed by atoms with E-state index in [0.29, 0.717) is 29.2 Å². The lowest BCUT2D eigenvalue weighted by atomic mass is 9.97. The summed E-state index contributed by atoms with van der Waals surface area (Å²) in [6.45, 7) is 7.91. The molecule has 10 nitrogen and oxygen atoms in total. The second-order valence-corrected chi connectivity index (χ2v) is 10.2. The third-order valence-electron chi connectivity index (χ3n) is 7.45. The number of para-hydroxylation sites is 1. The van der Waals surface area contributed by atoms with Crippen molar-refractivity contribution in [1.82, 2.24) is 15.2 Å². The number of likely N-dealkylation sites (N-methyl/N-ethyl adjacent to an activating group) is 1. The van der Waals surface area contributed by atoms with E-state index < -0.39 is 35.4 Å². The molecule has 2 amide bonds. The van der Waals surface area contributed by atoms with Gasteiger partial charge in [0.1, 0.15) is 6.10 Å². The van der Waals surface area contributed by atoms with Gasteiger partial charge in [0.05, 0.1) is 23.1 Å². The molecule has 2 heterocycles. The molecule has 1 aliphatic heterocycles. The molecule has 4 rings (SSSR count). The molecule has 42 heavy (non-hydrogen) atoms. The van der Waals surface area contributed by atoms with E-state index in [1.54, 1.807) is 42.6 Å². The summed E-state index contributed by atoms with van der Waals surface area (Å²) in [6.07, 6.45) is 0.266. The van der Waals surface area contributed by atoms with Crippen LogP contribution in [-0.4, -0.2) is 82.3 Å². The van der Waals surface area contributed by atoms with E-state index >= 15 is 0 Å². The van der Waals surface area contributed by atoms with Crippen molar-refractivity contribution in [2.24, 2.45) is 10.7 Å². The predicted octanol–water partition coefficient (Wildman–Crippen LogP) is 1.94. The average Bonchev–Trinajstić information content (AvgIpc) is 3.11. The number of pyridine rings is 1. The second kappa shape index (κ2) is 13.6. The summed E-state index contributed by atoms with van der Waals surface area (Å²) >= 11 is 0. The Hall–Kier alpha value is -4.25. The number of ketones is 1. The van der Waals surface area contributed by atoms with Crippen LogP contribution in [0.1, 0.15) is 37.6 Å². The molecule has 0 fully saturated rings. The first-order valence-electron chi connectivity index (χ1n) is 14.2. The second-order valence-electron chi connectivity index (χ2n) is 10.2. The van der Waals surface area contributed by atoms with Crippen molar-refractivity contribution in [3.63, 3.8) is 0 Å². The molecule has 4 N–H and O–H groups in total. The fourth-order valence-corrected chi connectivity index (χ4v) is 5.01. The van der Waals surface area contributed by atoms with Crippen LogP contribution in [0.2, 0.25) is 0 Å². The van der Waals surface area contributed by atoms with Gasteiger partial charge in [-0.05, 0) is 43.8 Å². The molecule has 3 aromatic rings. The number of nitrogens with one attached hydrogen (secondary N) is 1. The van der Waals surface area contributed by atoms with E-state index in [9.17, 15) is 19.5 Å². The highest BCUT2D eigenvalue weighted by Gasteiger charge is 2.49. The van der Waals surface area contributed by atoms with E-state index in [1.165, 1.54) is 11.8 Å². The van der Waals surface area contributed by atoms with Gasteiger partial charge < -0.3 is 20.2 Å². The number of carbonyl (C=O) groups is 3. The monoisotopic (exact) mass is 570 g/mol. The zero-order valence-electron chi connectivity index (χ0n) is 24.2. The van der Waals surface area contributed by atoms with Gasteiger partial charge in [0, 0.05) is 31.3 Å². The highest BCUT2D eigenvalue weighted by Crippen LogP contribution is 2.31. The van der Waals surface area contributed by atoms with Gasteiger partial charge in [-0.1, -0.05) is 68.4 Å². The van der Waals surface area contributed by atoms with Crippen LogP contribution in [0.15, 0.2) is 84.0 Å². The lowest BCUT2D eigenvalue weighted by Gasteiger charge is -2.32. The summed E-state index contributed by atoms with van der Waals surface area (Å²) in [7, 11) is 0. The maximum Gasteiger partial charge on any atom is 0.277 e. The van der Waals surface area contributed by atoms with E-state index in [-0.39, 0.29) is 13.0 Å². The number of amides is 2. The lowest BCUT2D eigenvalue weighted by Crippen LogP contribution is -2.64. The Morgan fingerprint density at radius 1 is 1.02 bits per heavy atom. The van der Waals surface area contributed by atoms with Crippen LogP contribution in [-0.2, 0) is 20.8 Å². The minimum atomic E-state index is -2.37. The van der Waals surface area contributed by atoms with Crippen molar-refractivity contribution in [1.29, 1.82) is 0 Å². The maximum absolute atomic E-state index is 14.3. The van der Waals surface area contributed by atoms with Gasteiger partial charge in [0.2, 0.25) is 17.4 Å². The van der Waals surface area contributed by atoms with Crippen molar-refractivity contribution >= 4 is 29.0 Å². The van der Waals surface area contributed by atoms with Crippen LogP contribution in [0, 0.1) is 0 Å². The van der Waals surface area contributed by atoms with Gasteiger partial charge in [0.25, 0.3) is 5.91 Å². The number of rotatable bonds is 12. The number of aromatic nitrogens is 1. The van der Waals surface area contributed by atoms with Gasteiger partial charge in [-0.25, -0.2) is 4.99 Å². The molecule has 0 radical (unpaired) electrons. The van der Waals surface area contributed by atoms with Gasteiger partial charge in [0.15, 0.2) is 0 Å². The van der Waals surface area contributed by atoms with E-state index in [1.807, 2.05) is 50.2 Å². The molecule has 0 saturated carbocycles. The van der Waals surface area contributed by atoms with E-state index in [4.69, 9.17) is 5.73 Å². The van der Waals surface area contributed by atoms with Crippen LogP contribution in [0.5, 0.6) is 0 Å². The highest BCUT2D eigenvalue weighted by atomic mass is 16.3. The predicted molar refractivity (Wildman–Crippen MR) is 162 cm³/mol. The third kappa shape index (κ3) is 6.62. The zero-order valence-corrected chi connectivity index (χ0v) is 24.2. The third-order valence-corrected chi connectivity index (χ3v) is 7.45. The number of aliphatic hydroxyl groups excluding tert-OH is 1. The Kier molecular flexibility index (Phi) is 9.95. The van der Waals surface area contributed by atoms with Crippen LogP contribution in [0.4, 0.5) is 5.69 Å². The molecule has 3 atom stereocenters. The molecule has 0 saturated heterocycles. The zero-order chi connectivity index (χ0) is 30.3. The number of hydrogen-bond donors (Lipinski definition) is 3. The molecule has 1 aromatic heterocycles. The van der Waals surface area contributed by atoms with Crippen LogP contribution >= 0.6 is 0 Å². The minimum absolute atomic E-state index is 0.0662. The first-order valence-corrected chi connectivity index (χ1v) is 14.2. The molecule has 10 heteroatoms. The maximum atomic E-state index is 14.3. The highest BCUT2D eigenvalue weighted by molar-refractivity contribution is 6.26. The molecule has 0 bridgehead atoms. The van der Waals surface area contributed by atoms with Crippen molar-refractivity contribution in [3.05, 3.63) is 95.8 Å². The largest absolute Gasteiger partial charge is 0.383 e. The Morgan fingerprint density at radius 3 is 2.36 bits per heavy atom. The average molecular weight is 571 g/mol. The SMILES string of the molecule is CCN(CC)CCN1C(=O)C(N)(C(=O)[C@H](C)NC(=O)C(O)Cc2ccccc2)N=C(c2ccccn2)c2ccccc21. The van der Waals surface area contributed by atoms with Crippen molar-refractivity contribution < 1.29 is 19.5 Å². The van der Waals surface area contributed by atoms with Gasteiger partial charge in [-0.2, -0.15) is 0 Å². The topological polar surface area (TPSA) is 141 Å². The van der Waals surface area contributed by atoms with E-state index in [0.717, 1.165) is 18.7 Å². The van der Waals surface area contributed by atoms with Crippen molar-refractivity contribution in [2.45, 2.75) is 45.0 Å². The van der Waals surface area contributed by atoms with Gasteiger partial charge in [-0.15, -0.1) is 0 Å². The standard InChI is InChI=1S/C32H38N6O4/c1-4-37(5-2)19-20-38-26-17-10-9-15-24(26)28(25-16-11-12-18-34-25)36-32(33,31(38)42)29(40)22(3)35-30(41)27(39)21-23-13-7-6-8-14-23/h6-18,22,27,39H,4-5,19-21,33H2,1-3H3,(H,35,41)/t22-,27?,32?/m0/s1. The Balaban J connectivity index is 1.70. The molecular formula is C32H38N6O4. The van der Waals surface area contributed by atoms with Crippen molar-refractivity contribution in [2.75, 3.05) is 31.1 Å². The first-order chi connectivity index (χ1) is 20.2. The Labute approximate surface area is 246 Å². The Morgan fingerprint density at radius 2 is 1.69 bits per heavy atom. The minimum Gasteiger partial charge on any atom is -0.383 e. The number of benzene rings is 2. The number of nitrogens with zero attached hydrogens (tertiary/aromatic N) is 4.